The molecule has 2 aromatic carbocycles. The summed E-state index contributed by atoms with van der Waals surface area (Å²) in [6.07, 6.45) is 5.97. The second-order valence-electron chi connectivity index (χ2n) is 10.4. The lowest BCUT2D eigenvalue weighted by Crippen LogP contribution is -2.27. The van der Waals surface area contributed by atoms with E-state index in [0.29, 0.717) is 82.1 Å². The van der Waals surface area contributed by atoms with Gasteiger partial charge in [-0.25, -0.2) is 0 Å². The number of hydrogen-bond acceptors (Lipinski definition) is 10. The summed E-state index contributed by atoms with van der Waals surface area (Å²) in [6, 6.07) is 16.2. The van der Waals surface area contributed by atoms with Crippen molar-refractivity contribution in [2.75, 3.05) is 55.5 Å². The van der Waals surface area contributed by atoms with Gasteiger partial charge in [0.25, 0.3) is 5.91 Å². The number of nitrogens with one attached hydrogen (secondary N) is 4. The molecule has 4 rings (SSSR count). The number of benzene rings is 2. The predicted octanol–water partition coefficient (Wildman–Crippen LogP) is 3.87. The highest BCUT2D eigenvalue weighted by molar-refractivity contribution is 5.94. The lowest BCUT2D eigenvalue weighted by molar-refractivity contribution is 0.0511. The van der Waals surface area contributed by atoms with E-state index in [1.54, 1.807) is 0 Å². The Morgan fingerprint density at radius 2 is 1.36 bits per heavy atom. The molecule has 0 saturated heterocycles. The average molecular weight is 577 g/mol. The van der Waals surface area contributed by atoms with E-state index in [2.05, 4.69) is 67.4 Å². The molecular formula is C31H44N8O3. The zero-order valence-corrected chi connectivity index (χ0v) is 24.5. The molecule has 0 radical (unpaired) electrons. The minimum Gasteiger partial charge on any atom is -0.378 e. The van der Waals surface area contributed by atoms with Gasteiger partial charge < -0.3 is 36.5 Å². The summed E-state index contributed by atoms with van der Waals surface area (Å²) in [5.74, 6) is 1.44. The Labute approximate surface area is 248 Å². The summed E-state index contributed by atoms with van der Waals surface area (Å²) in [5, 5.41) is 13.1. The van der Waals surface area contributed by atoms with E-state index in [1.807, 2.05) is 24.3 Å². The third-order valence-electron chi connectivity index (χ3n) is 6.98. The third-order valence-corrected chi connectivity index (χ3v) is 6.98. The molecule has 1 aromatic heterocycles. The molecule has 1 aliphatic rings. The average Bonchev–Trinajstić information content (AvgIpc) is 3.01. The largest absolute Gasteiger partial charge is 0.378 e. The van der Waals surface area contributed by atoms with Crippen LogP contribution in [0.5, 0.6) is 0 Å². The molecule has 1 amide bonds. The molecule has 3 aromatic rings. The molecular weight excluding hydrogens is 532 g/mol. The van der Waals surface area contributed by atoms with Crippen LogP contribution in [0.15, 0.2) is 48.5 Å². The van der Waals surface area contributed by atoms with Gasteiger partial charge in [0.05, 0.1) is 26.4 Å². The van der Waals surface area contributed by atoms with Crippen molar-refractivity contribution >= 4 is 23.8 Å². The van der Waals surface area contributed by atoms with Crippen molar-refractivity contribution in [3.8, 4) is 0 Å². The number of ether oxygens (including phenoxy) is 2. The van der Waals surface area contributed by atoms with E-state index in [0.717, 1.165) is 24.0 Å². The van der Waals surface area contributed by atoms with Crippen LogP contribution in [0.1, 0.15) is 59.2 Å². The smallest absolute Gasteiger partial charge is 0.251 e. The summed E-state index contributed by atoms with van der Waals surface area (Å²) in [5.41, 5.74) is 9.35. The first-order valence-corrected chi connectivity index (χ1v) is 14.9. The highest BCUT2D eigenvalue weighted by atomic mass is 16.5. The normalized spacial score (nSPS) is 13.5. The lowest BCUT2D eigenvalue weighted by Gasteiger charge is -2.23. The van der Waals surface area contributed by atoms with Gasteiger partial charge in [0.2, 0.25) is 17.8 Å². The molecule has 226 valence electrons. The fourth-order valence-electron chi connectivity index (χ4n) is 4.61. The van der Waals surface area contributed by atoms with Crippen LogP contribution in [-0.2, 0) is 22.6 Å². The van der Waals surface area contributed by atoms with Gasteiger partial charge >= 0.3 is 0 Å². The van der Waals surface area contributed by atoms with E-state index in [4.69, 9.17) is 15.2 Å². The zero-order chi connectivity index (χ0) is 29.4. The summed E-state index contributed by atoms with van der Waals surface area (Å²) in [7, 11) is 0. The Morgan fingerprint density at radius 1 is 0.786 bits per heavy atom. The third kappa shape index (κ3) is 10.9. The topological polar surface area (TPSA) is 148 Å². The van der Waals surface area contributed by atoms with Crippen LogP contribution in [0.3, 0.4) is 0 Å². The highest BCUT2D eigenvalue weighted by Gasteiger charge is 2.16. The highest BCUT2D eigenvalue weighted by Crippen LogP contribution is 2.21. The molecule has 11 nitrogen and oxygen atoms in total. The van der Waals surface area contributed by atoms with Crippen LogP contribution in [0.25, 0.3) is 0 Å². The van der Waals surface area contributed by atoms with Crippen molar-refractivity contribution < 1.29 is 14.3 Å². The lowest BCUT2D eigenvalue weighted by atomic mass is 9.96. The van der Waals surface area contributed by atoms with Crippen molar-refractivity contribution in [2.24, 2.45) is 5.73 Å². The summed E-state index contributed by atoms with van der Waals surface area (Å²) >= 11 is 0. The molecule has 11 heteroatoms. The van der Waals surface area contributed by atoms with E-state index in [1.165, 1.54) is 24.8 Å². The Hall–Kier alpha value is -3.80. The Bertz CT molecular complexity index is 1220. The number of carbonyl (C=O) groups excluding carboxylic acids is 1. The van der Waals surface area contributed by atoms with E-state index < -0.39 is 0 Å². The van der Waals surface area contributed by atoms with Crippen molar-refractivity contribution in [3.63, 3.8) is 0 Å². The fourth-order valence-corrected chi connectivity index (χ4v) is 4.61. The van der Waals surface area contributed by atoms with Gasteiger partial charge in [0.15, 0.2) is 0 Å². The molecule has 0 unspecified atom stereocenters. The SMILES string of the molecule is Cc1ccc(CNc2nc(NCc3ccc(C(=O)NCCOCCOCCN)cc3)nc(NC3CCCCC3)n2)cc1. The quantitative estimate of drug-likeness (QED) is 0.150. The number of rotatable bonds is 17. The predicted molar refractivity (Wildman–Crippen MR) is 166 cm³/mol. The van der Waals surface area contributed by atoms with Gasteiger partial charge in [-0.05, 0) is 43.0 Å². The maximum atomic E-state index is 12.5. The molecule has 1 aliphatic carbocycles. The number of aryl methyl sites for hydroxylation is 1. The number of nitrogens with zero attached hydrogens (tertiary/aromatic N) is 3. The van der Waals surface area contributed by atoms with Crippen molar-refractivity contribution in [1.29, 1.82) is 0 Å². The second-order valence-corrected chi connectivity index (χ2v) is 10.4. The molecule has 0 bridgehead atoms. The number of aromatic nitrogens is 3. The number of anilines is 3. The summed E-state index contributed by atoms with van der Waals surface area (Å²) in [6.45, 7) is 6.03. The molecule has 1 fully saturated rings. The monoisotopic (exact) mass is 576 g/mol. The van der Waals surface area contributed by atoms with Crippen molar-refractivity contribution in [2.45, 2.75) is 58.2 Å². The minimum atomic E-state index is -0.141. The molecule has 42 heavy (non-hydrogen) atoms. The number of hydrogen-bond donors (Lipinski definition) is 5. The standard InChI is InChI=1S/C31H44N8O3/c1-23-7-9-24(10-8-23)21-34-29-37-30(39-31(38-29)36-27-5-3-2-4-6-27)35-22-25-11-13-26(14-12-25)28(40)33-16-18-42-20-19-41-17-15-32/h7-14,27H,2-6,15-22,32H2,1H3,(H,33,40)(H3,34,35,36,37,38,39). The van der Waals surface area contributed by atoms with Crippen LogP contribution in [0, 0.1) is 6.92 Å². The van der Waals surface area contributed by atoms with Crippen LogP contribution < -0.4 is 27.0 Å². The van der Waals surface area contributed by atoms with E-state index >= 15 is 0 Å². The maximum absolute atomic E-state index is 12.5. The Morgan fingerprint density at radius 3 is 1.98 bits per heavy atom. The van der Waals surface area contributed by atoms with Crippen LogP contribution >= 0.6 is 0 Å². The van der Waals surface area contributed by atoms with E-state index in [-0.39, 0.29) is 5.91 Å². The molecule has 1 saturated carbocycles. The second kappa shape index (κ2) is 17.2. The first-order valence-electron chi connectivity index (χ1n) is 14.9. The van der Waals surface area contributed by atoms with Gasteiger partial charge in [-0.1, -0.05) is 61.2 Å². The van der Waals surface area contributed by atoms with Crippen molar-refractivity contribution in [3.05, 3.63) is 70.8 Å². The van der Waals surface area contributed by atoms with Gasteiger partial charge in [-0.3, -0.25) is 4.79 Å². The maximum Gasteiger partial charge on any atom is 0.251 e. The molecule has 0 atom stereocenters. The van der Waals surface area contributed by atoms with Crippen LogP contribution in [-0.4, -0.2) is 66.4 Å². The van der Waals surface area contributed by atoms with Gasteiger partial charge in [0.1, 0.15) is 0 Å². The number of nitrogens with two attached hydrogens (primary N) is 1. The van der Waals surface area contributed by atoms with Crippen LogP contribution in [0.4, 0.5) is 17.8 Å². The number of carbonyl (C=O) groups is 1. The van der Waals surface area contributed by atoms with Gasteiger partial charge in [-0.2, -0.15) is 15.0 Å². The summed E-state index contributed by atoms with van der Waals surface area (Å²) in [4.78, 5) is 26.4. The first kappa shape index (κ1) is 31.1. The molecule has 1 heterocycles. The minimum absolute atomic E-state index is 0.141. The first-order chi connectivity index (χ1) is 20.6. The van der Waals surface area contributed by atoms with Gasteiger partial charge in [-0.15, -0.1) is 0 Å². The van der Waals surface area contributed by atoms with Crippen LogP contribution in [0.2, 0.25) is 0 Å². The van der Waals surface area contributed by atoms with E-state index in [9.17, 15) is 4.79 Å². The Balaban J connectivity index is 1.29. The molecule has 6 N–H and O–H groups in total. The Kier molecular flexibility index (Phi) is 12.8. The van der Waals surface area contributed by atoms with Crippen molar-refractivity contribution in [1.82, 2.24) is 20.3 Å². The summed E-state index contributed by atoms with van der Waals surface area (Å²) < 4.78 is 10.7. The zero-order valence-electron chi connectivity index (χ0n) is 24.5. The molecule has 0 spiro atoms. The number of amides is 1. The fraction of sp³-hybridized carbons (Fsp3) is 0.484. The van der Waals surface area contributed by atoms with Gasteiger partial charge in [0, 0.05) is 37.8 Å². The molecule has 0 aliphatic heterocycles.